The van der Waals surface area contributed by atoms with Crippen LogP contribution in [-0.4, -0.2) is 16.0 Å². The molecule has 190 valence electrons. The van der Waals surface area contributed by atoms with Gasteiger partial charge in [-0.1, -0.05) is 55.8 Å². The van der Waals surface area contributed by atoms with Crippen molar-refractivity contribution in [3.63, 3.8) is 0 Å². The Kier molecular flexibility index (Phi) is 6.02. The summed E-state index contributed by atoms with van der Waals surface area (Å²) in [5, 5.41) is 0. The number of phosphoric ester groups is 1. The van der Waals surface area contributed by atoms with Crippen molar-refractivity contribution in [2.24, 2.45) is 28.6 Å². The summed E-state index contributed by atoms with van der Waals surface area (Å²) >= 11 is 0. The molecule has 5 nitrogen and oxygen atoms in total. The average molecular weight is 506 g/mol. The maximum Gasteiger partial charge on any atom is 0.527 e. The summed E-state index contributed by atoms with van der Waals surface area (Å²) in [7, 11) is -4.18. The van der Waals surface area contributed by atoms with Crippen molar-refractivity contribution < 1.29 is 18.5 Å². The topological polar surface area (TPSA) is 68.7 Å². The van der Waals surface area contributed by atoms with Crippen LogP contribution in [0.15, 0.2) is 72.6 Å². The normalized spacial score (nSPS) is 37.0. The molecule has 6 heteroatoms. The van der Waals surface area contributed by atoms with E-state index in [0.29, 0.717) is 29.9 Å². The molecule has 4 aliphatic carbocycles. The Morgan fingerprint density at radius 2 is 1.78 bits per heavy atom. The first-order chi connectivity index (χ1) is 17.3. The van der Waals surface area contributed by atoms with E-state index in [0.717, 1.165) is 25.7 Å². The van der Waals surface area contributed by atoms with Crippen LogP contribution in [0.3, 0.4) is 0 Å². The van der Waals surface area contributed by atoms with Crippen LogP contribution in [0, 0.1) is 28.6 Å². The molecule has 1 aromatic heterocycles. The van der Waals surface area contributed by atoms with Crippen molar-refractivity contribution in [2.75, 3.05) is 0 Å². The van der Waals surface area contributed by atoms with E-state index < -0.39 is 7.82 Å². The summed E-state index contributed by atoms with van der Waals surface area (Å²) in [5.41, 5.74) is 4.55. The number of allylic oxidation sites excluding steroid dienone is 3. The number of nitrogens with zero attached hydrogens (tertiary/aromatic N) is 1. The molecule has 1 N–H and O–H groups in total. The van der Waals surface area contributed by atoms with Crippen LogP contribution in [0.2, 0.25) is 0 Å². The fraction of sp³-hybridized carbons (Fsp3) is 0.500. The van der Waals surface area contributed by atoms with Gasteiger partial charge in [-0.15, -0.1) is 0 Å². The molecule has 0 saturated heterocycles. The molecule has 6 rings (SSSR count). The number of phosphoric acid groups is 1. The zero-order valence-corrected chi connectivity index (χ0v) is 22.1. The highest BCUT2D eigenvalue weighted by Gasteiger charge is 2.57. The lowest BCUT2D eigenvalue weighted by Crippen LogP contribution is -2.50. The minimum Gasteiger partial charge on any atom is -0.404 e. The van der Waals surface area contributed by atoms with Crippen molar-refractivity contribution in [1.29, 1.82) is 0 Å². The molecule has 36 heavy (non-hydrogen) atoms. The van der Waals surface area contributed by atoms with Gasteiger partial charge in [0.05, 0.1) is 6.10 Å². The van der Waals surface area contributed by atoms with Crippen LogP contribution in [0.1, 0.15) is 64.4 Å². The Bertz CT molecular complexity index is 1230. The largest absolute Gasteiger partial charge is 0.527 e. The SMILES string of the molecule is C[C@]12CC[C@H](OP(=O)(O)Oc3ccccc3)CC1=CC[C@@H]1[C@@H]2CC[C@]2(C)C(c3cccnc3)=CC[C@@H]12. The maximum absolute atomic E-state index is 12.7. The summed E-state index contributed by atoms with van der Waals surface area (Å²) in [6, 6.07) is 13.0. The molecule has 2 saturated carbocycles. The third-order valence-electron chi connectivity index (χ3n) is 9.86. The van der Waals surface area contributed by atoms with Crippen LogP contribution in [0.5, 0.6) is 5.75 Å². The molecule has 1 unspecified atom stereocenters. The number of rotatable bonds is 5. The first kappa shape index (κ1) is 24.2. The molecule has 0 amide bonds. The van der Waals surface area contributed by atoms with Gasteiger partial charge in [-0.3, -0.25) is 14.4 Å². The Morgan fingerprint density at radius 1 is 0.972 bits per heavy atom. The molecule has 2 fully saturated rings. The van der Waals surface area contributed by atoms with Gasteiger partial charge in [-0.25, -0.2) is 4.57 Å². The number of aromatic nitrogens is 1. The van der Waals surface area contributed by atoms with E-state index in [-0.39, 0.29) is 16.9 Å². The van der Waals surface area contributed by atoms with Crippen LogP contribution in [0.4, 0.5) is 0 Å². The van der Waals surface area contributed by atoms with Gasteiger partial charge in [-0.05, 0) is 103 Å². The lowest BCUT2D eigenvalue weighted by Gasteiger charge is -2.58. The molecule has 2 aromatic rings. The van der Waals surface area contributed by atoms with E-state index >= 15 is 0 Å². The van der Waals surface area contributed by atoms with Gasteiger partial charge < -0.3 is 4.52 Å². The number of hydrogen-bond donors (Lipinski definition) is 1. The number of benzene rings is 1. The number of fused-ring (bicyclic) bond motifs is 5. The molecule has 4 aliphatic rings. The Labute approximate surface area is 214 Å². The van der Waals surface area contributed by atoms with Gasteiger partial charge in [0.2, 0.25) is 0 Å². The maximum atomic E-state index is 12.7. The van der Waals surface area contributed by atoms with Crippen LogP contribution < -0.4 is 4.52 Å². The zero-order chi connectivity index (χ0) is 25.0. The number of pyridine rings is 1. The standard InChI is InChI=1S/C30H36NO4P/c1-29-16-14-24(35-36(32,33)34-23-8-4-3-5-9-23)19-22(29)10-11-25-27-13-12-26(21-7-6-18-31-20-21)30(27,2)17-15-28(25)29/h3-10,12,18,20,24-25,27-28H,11,13-17,19H2,1-2H3,(H,32,33)/t24-,25-,27-,28-,29-,30+/m0/s1. The van der Waals surface area contributed by atoms with E-state index in [1.54, 1.807) is 24.3 Å². The predicted molar refractivity (Wildman–Crippen MR) is 141 cm³/mol. The highest BCUT2D eigenvalue weighted by atomic mass is 31.2. The van der Waals surface area contributed by atoms with Gasteiger partial charge in [-0.2, -0.15) is 0 Å². The van der Waals surface area contributed by atoms with Gasteiger partial charge >= 0.3 is 7.82 Å². The Hall–Kier alpha value is -2.20. The predicted octanol–water partition coefficient (Wildman–Crippen LogP) is 7.60. The van der Waals surface area contributed by atoms with Gasteiger partial charge in [0.25, 0.3) is 0 Å². The molecule has 1 heterocycles. The van der Waals surface area contributed by atoms with Gasteiger partial charge in [0.15, 0.2) is 0 Å². The van der Waals surface area contributed by atoms with E-state index in [4.69, 9.17) is 9.05 Å². The lowest BCUT2D eigenvalue weighted by molar-refractivity contribution is -0.0233. The van der Waals surface area contributed by atoms with E-state index in [1.807, 2.05) is 24.5 Å². The van der Waals surface area contributed by atoms with Crippen molar-refractivity contribution in [3.05, 3.63) is 78.1 Å². The second kappa shape index (κ2) is 8.97. The minimum absolute atomic E-state index is 0.140. The summed E-state index contributed by atoms with van der Waals surface area (Å²) in [6.45, 7) is 4.93. The molecule has 0 radical (unpaired) electrons. The van der Waals surface area contributed by atoms with E-state index in [9.17, 15) is 9.46 Å². The highest BCUT2D eigenvalue weighted by Crippen LogP contribution is 2.66. The molecular formula is C30H36NO4P. The van der Waals surface area contributed by atoms with Crippen molar-refractivity contribution >= 4 is 13.4 Å². The monoisotopic (exact) mass is 505 g/mol. The fourth-order valence-electron chi connectivity index (χ4n) is 8.08. The molecule has 1 aromatic carbocycles. The number of hydrogen-bond acceptors (Lipinski definition) is 4. The zero-order valence-electron chi connectivity index (χ0n) is 21.2. The molecule has 0 spiro atoms. The molecule has 0 aliphatic heterocycles. The molecule has 0 bridgehead atoms. The summed E-state index contributed by atoms with van der Waals surface area (Å²) in [4.78, 5) is 14.8. The van der Waals surface area contributed by atoms with E-state index in [2.05, 4.69) is 37.0 Å². The van der Waals surface area contributed by atoms with Crippen molar-refractivity contribution in [1.82, 2.24) is 4.98 Å². The second-order valence-electron chi connectivity index (χ2n) is 11.7. The third kappa shape index (κ3) is 4.10. The minimum atomic E-state index is -4.18. The van der Waals surface area contributed by atoms with E-state index in [1.165, 1.54) is 29.6 Å². The quantitative estimate of drug-likeness (QED) is 0.335. The second-order valence-corrected chi connectivity index (χ2v) is 13.0. The van der Waals surface area contributed by atoms with Crippen LogP contribution >= 0.6 is 7.82 Å². The lowest BCUT2D eigenvalue weighted by atomic mass is 9.47. The van der Waals surface area contributed by atoms with Gasteiger partial charge in [0, 0.05) is 12.4 Å². The summed E-state index contributed by atoms with van der Waals surface area (Å²) in [5.74, 6) is 2.34. The van der Waals surface area contributed by atoms with Crippen molar-refractivity contribution in [2.45, 2.75) is 64.9 Å². The first-order valence-corrected chi connectivity index (χ1v) is 14.8. The smallest absolute Gasteiger partial charge is 0.404 e. The fourth-order valence-corrected chi connectivity index (χ4v) is 9.07. The molecular weight excluding hydrogens is 469 g/mol. The van der Waals surface area contributed by atoms with Crippen LogP contribution in [0.25, 0.3) is 5.57 Å². The molecule has 7 atom stereocenters. The summed E-state index contributed by atoms with van der Waals surface area (Å²) in [6.07, 6.45) is 15.7. The Balaban J connectivity index is 1.17. The average Bonchev–Trinajstić information content (AvgIpc) is 3.22. The number of para-hydroxylation sites is 1. The van der Waals surface area contributed by atoms with Crippen molar-refractivity contribution in [3.8, 4) is 5.75 Å². The summed E-state index contributed by atoms with van der Waals surface area (Å²) < 4.78 is 23.7. The Morgan fingerprint density at radius 3 is 2.56 bits per heavy atom. The third-order valence-corrected chi connectivity index (χ3v) is 10.9. The van der Waals surface area contributed by atoms with Gasteiger partial charge in [0.1, 0.15) is 5.75 Å². The first-order valence-electron chi connectivity index (χ1n) is 13.3. The highest BCUT2D eigenvalue weighted by molar-refractivity contribution is 7.47. The van der Waals surface area contributed by atoms with Crippen LogP contribution in [-0.2, 0) is 9.09 Å².